The summed E-state index contributed by atoms with van der Waals surface area (Å²) in [6, 6.07) is 0.478. The lowest BCUT2D eigenvalue weighted by atomic mass is 9.93. The number of carbonyl (C=O) groups excluding carboxylic acids is 1. The number of nitrogens with one attached hydrogen (secondary N) is 1. The van der Waals surface area contributed by atoms with Gasteiger partial charge in [0.1, 0.15) is 0 Å². The van der Waals surface area contributed by atoms with Crippen molar-refractivity contribution < 1.29 is 4.79 Å². The fraction of sp³-hybridized carbons (Fsp3) is 0.923. The van der Waals surface area contributed by atoms with Crippen molar-refractivity contribution in [1.29, 1.82) is 0 Å². The van der Waals surface area contributed by atoms with E-state index in [1.807, 2.05) is 18.7 Å². The molecule has 1 N–H and O–H groups in total. The molecule has 2 rings (SSSR count). The number of rotatable bonds is 3. The van der Waals surface area contributed by atoms with Gasteiger partial charge in [-0.2, -0.15) is 11.8 Å². The molecule has 4 atom stereocenters. The summed E-state index contributed by atoms with van der Waals surface area (Å²) in [4.78, 5) is 14.4. The Morgan fingerprint density at radius 2 is 2.24 bits per heavy atom. The summed E-state index contributed by atoms with van der Waals surface area (Å²) >= 11 is 1.96. The van der Waals surface area contributed by atoms with Crippen LogP contribution >= 0.6 is 11.8 Å². The number of amides is 1. The normalized spacial score (nSPS) is 38.8. The first-order valence-corrected chi connectivity index (χ1v) is 8.07. The van der Waals surface area contributed by atoms with E-state index in [1.54, 1.807) is 0 Å². The molecule has 1 aliphatic heterocycles. The highest BCUT2D eigenvalue weighted by Crippen LogP contribution is 2.32. The number of hydrogen-bond donors (Lipinski definition) is 1. The van der Waals surface area contributed by atoms with Crippen LogP contribution in [-0.2, 0) is 4.79 Å². The number of thioether (sulfide) groups is 1. The highest BCUT2D eigenvalue weighted by molar-refractivity contribution is 7.99. The Morgan fingerprint density at radius 1 is 1.47 bits per heavy atom. The van der Waals surface area contributed by atoms with E-state index in [9.17, 15) is 4.79 Å². The van der Waals surface area contributed by atoms with Crippen molar-refractivity contribution in [3.63, 3.8) is 0 Å². The number of carbonyl (C=O) groups is 1. The van der Waals surface area contributed by atoms with Gasteiger partial charge in [-0.15, -0.1) is 0 Å². The third-order valence-electron chi connectivity index (χ3n) is 4.11. The summed E-state index contributed by atoms with van der Waals surface area (Å²) in [5.41, 5.74) is 0. The summed E-state index contributed by atoms with van der Waals surface area (Å²) in [6.07, 6.45) is 8.42. The largest absolute Gasteiger partial charge is 0.323 e. The molecule has 2 fully saturated rings. The molecule has 17 heavy (non-hydrogen) atoms. The minimum absolute atomic E-state index is 0.00889. The Bertz CT molecular complexity index is 285. The molecule has 2 aliphatic rings. The van der Waals surface area contributed by atoms with E-state index < -0.39 is 0 Å². The molecular formula is C13H24N2OS. The van der Waals surface area contributed by atoms with Crippen molar-refractivity contribution in [1.82, 2.24) is 10.2 Å². The van der Waals surface area contributed by atoms with Crippen LogP contribution < -0.4 is 5.32 Å². The second-order valence-electron chi connectivity index (χ2n) is 5.24. The smallest absolute Gasteiger partial charge is 0.240 e. The van der Waals surface area contributed by atoms with Gasteiger partial charge in [-0.05, 0) is 38.9 Å². The molecule has 98 valence electrons. The van der Waals surface area contributed by atoms with E-state index in [4.69, 9.17) is 0 Å². The predicted octanol–water partition coefficient (Wildman–Crippen LogP) is 2.22. The van der Waals surface area contributed by atoms with Crippen molar-refractivity contribution in [2.75, 3.05) is 6.26 Å². The maximum atomic E-state index is 12.2. The second kappa shape index (κ2) is 5.61. The molecule has 0 aromatic carbocycles. The van der Waals surface area contributed by atoms with Crippen molar-refractivity contribution in [2.24, 2.45) is 0 Å². The van der Waals surface area contributed by atoms with Crippen LogP contribution in [0.5, 0.6) is 0 Å². The Balaban J connectivity index is 2.06. The van der Waals surface area contributed by atoms with Crippen molar-refractivity contribution in [3.05, 3.63) is 0 Å². The number of nitrogens with zero attached hydrogens (tertiary/aromatic N) is 1. The molecule has 0 aromatic rings. The van der Waals surface area contributed by atoms with E-state index in [0.29, 0.717) is 11.9 Å². The maximum Gasteiger partial charge on any atom is 0.240 e. The van der Waals surface area contributed by atoms with Gasteiger partial charge in [0.15, 0.2) is 0 Å². The first-order valence-electron chi connectivity index (χ1n) is 6.78. The molecule has 0 radical (unpaired) electrons. The zero-order valence-electron chi connectivity index (χ0n) is 11.1. The van der Waals surface area contributed by atoms with Crippen LogP contribution in [0.25, 0.3) is 0 Å². The molecule has 1 saturated carbocycles. The van der Waals surface area contributed by atoms with Crippen LogP contribution in [0.1, 0.15) is 46.0 Å². The average molecular weight is 256 g/mol. The molecule has 0 aromatic heterocycles. The average Bonchev–Trinajstić information content (AvgIpc) is 2.65. The quantitative estimate of drug-likeness (QED) is 0.840. The zero-order valence-corrected chi connectivity index (χ0v) is 11.9. The first kappa shape index (κ1) is 13.2. The van der Waals surface area contributed by atoms with Crippen molar-refractivity contribution in [3.8, 4) is 0 Å². The Kier molecular flexibility index (Phi) is 4.36. The topological polar surface area (TPSA) is 32.3 Å². The van der Waals surface area contributed by atoms with Gasteiger partial charge in [-0.1, -0.05) is 13.3 Å². The predicted molar refractivity (Wildman–Crippen MR) is 73.1 cm³/mol. The Morgan fingerprint density at radius 3 is 2.88 bits per heavy atom. The molecule has 0 spiro atoms. The summed E-state index contributed by atoms with van der Waals surface area (Å²) in [6.45, 7) is 4.14. The lowest BCUT2D eigenvalue weighted by Gasteiger charge is -2.37. The molecule has 1 saturated heterocycles. The SMILES string of the molecule is CCC1NC(C)C(=O)N1C1CCCC(SC)C1. The van der Waals surface area contributed by atoms with Crippen molar-refractivity contribution in [2.45, 2.75) is 69.5 Å². The van der Waals surface area contributed by atoms with Gasteiger partial charge in [0.25, 0.3) is 0 Å². The molecule has 4 unspecified atom stereocenters. The standard InChI is InChI=1S/C13H24N2OS/c1-4-12-14-9(2)13(16)15(12)10-6-5-7-11(8-10)17-3/h9-12,14H,4-8H2,1-3H3. The lowest BCUT2D eigenvalue weighted by Crippen LogP contribution is -2.46. The monoisotopic (exact) mass is 256 g/mol. The van der Waals surface area contributed by atoms with E-state index in [0.717, 1.165) is 11.7 Å². The fourth-order valence-electron chi connectivity index (χ4n) is 3.15. The van der Waals surface area contributed by atoms with Crippen LogP contribution in [0, 0.1) is 0 Å². The van der Waals surface area contributed by atoms with Gasteiger partial charge >= 0.3 is 0 Å². The highest BCUT2D eigenvalue weighted by Gasteiger charge is 2.40. The van der Waals surface area contributed by atoms with Gasteiger partial charge in [0.2, 0.25) is 5.91 Å². The molecule has 1 heterocycles. The van der Waals surface area contributed by atoms with Gasteiger partial charge in [0.05, 0.1) is 12.2 Å². The third-order valence-corrected chi connectivity index (χ3v) is 5.21. The van der Waals surface area contributed by atoms with Crippen LogP contribution in [0.3, 0.4) is 0 Å². The maximum absolute atomic E-state index is 12.2. The Labute approximate surface area is 109 Å². The lowest BCUT2D eigenvalue weighted by molar-refractivity contribution is -0.132. The molecule has 4 heteroatoms. The second-order valence-corrected chi connectivity index (χ2v) is 6.37. The summed E-state index contributed by atoms with van der Waals surface area (Å²) in [5, 5.41) is 4.15. The summed E-state index contributed by atoms with van der Waals surface area (Å²) in [7, 11) is 0. The van der Waals surface area contributed by atoms with Crippen LogP contribution in [0.2, 0.25) is 0 Å². The van der Waals surface area contributed by atoms with Crippen LogP contribution in [0.15, 0.2) is 0 Å². The molecular weight excluding hydrogens is 232 g/mol. The molecule has 1 aliphatic carbocycles. The van der Waals surface area contributed by atoms with Crippen LogP contribution in [0.4, 0.5) is 0 Å². The van der Waals surface area contributed by atoms with Gasteiger partial charge < -0.3 is 4.90 Å². The summed E-state index contributed by atoms with van der Waals surface area (Å²) < 4.78 is 0. The zero-order chi connectivity index (χ0) is 12.4. The van der Waals surface area contributed by atoms with Gasteiger partial charge in [-0.25, -0.2) is 0 Å². The first-order chi connectivity index (χ1) is 8.17. The fourth-order valence-corrected chi connectivity index (χ4v) is 3.97. The minimum Gasteiger partial charge on any atom is -0.323 e. The minimum atomic E-state index is 0.00889. The van der Waals surface area contributed by atoms with Crippen LogP contribution in [-0.4, -0.2) is 40.6 Å². The molecule has 3 nitrogen and oxygen atoms in total. The highest BCUT2D eigenvalue weighted by atomic mass is 32.2. The van der Waals surface area contributed by atoms with E-state index in [2.05, 4.69) is 23.4 Å². The van der Waals surface area contributed by atoms with Crippen molar-refractivity contribution >= 4 is 17.7 Å². The van der Waals surface area contributed by atoms with E-state index in [-0.39, 0.29) is 12.2 Å². The molecule has 0 bridgehead atoms. The van der Waals surface area contributed by atoms with E-state index >= 15 is 0 Å². The van der Waals surface area contributed by atoms with E-state index in [1.165, 1.54) is 25.7 Å². The summed E-state index contributed by atoms with van der Waals surface area (Å²) in [5.74, 6) is 0.309. The molecule has 1 amide bonds. The Hall–Kier alpha value is -0.220. The van der Waals surface area contributed by atoms with Gasteiger partial charge in [-0.3, -0.25) is 10.1 Å². The number of hydrogen-bond acceptors (Lipinski definition) is 3. The van der Waals surface area contributed by atoms with Gasteiger partial charge in [0, 0.05) is 11.3 Å². The third kappa shape index (κ3) is 2.63.